The van der Waals surface area contributed by atoms with Crippen LogP contribution in [0.5, 0.6) is 0 Å². The van der Waals surface area contributed by atoms with E-state index in [1.807, 2.05) is 0 Å². The third kappa shape index (κ3) is 2.39. The number of Topliss-reactive ketones (excluding diaryl/α,β-unsaturated/α-hetero) is 1. The van der Waals surface area contributed by atoms with Crippen molar-refractivity contribution in [1.29, 1.82) is 0 Å². The van der Waals surface area contributed by atoms with Crippen molar-refractivity contribution in [1.82, 2.24) is 4.90 Å². The van der Waals surface area contributed by atoms with Gasteiger partial charge in [0, 0.05) is 13.8 Å². The van der Waals surface area contributed by atoms with Gasteiger partial charge in [-0.2, -0.15) is 0 Å². The van der Waals surface area contributed by atoms with Crippen LogP contribution in [-0.2, 0) is 0 Å². The molecule has 1 atom stereocenters. The SMILES string of the molecule is [2H]C([2H])([2H])N([C@@H](C)C(=O)c1ccccc1)C([2H])([2H])[2H]. The highest BCUT2D eigenvalue weighted by Crippen LogP contribution is 2.05. The Balaban J connectivity index is 3.09. The van der Waals surface area contributed by atoms with Crippen LogP contribution in [0.3, 0.4) is 0 Å². The molecule has 70 valence electrons. The average molecular weight is 183 g/mol. The first-order chi connectivity index (χ1) is 8.55. The number of rotatable bonds is 3. The van der Waals surface area contributed by atoms with E-state index < -0.39 is 25.8 Å². The molecular formula is C11H15NO. The number of hydrogen-bond acceptors (Lipinski definition) is 2. The summed E-state index contributed by atoms with van der Waals surface area (Å²) in [5.41, 5.74) is 0.286. The summed E-state index contributed by atoms with van der Waals surface area (Å²) in [5, 5.41) is 0. The Morgan fingerprint density at radius 1 is 1.38 bits per heavy atom. The maximum Gasteiger partial charge on any atom is 0.179 e. The van der Waals surface area contributed by atoms with Crippen molar-refractivity contribution in [2.24, 2.45) is 0 Å². The molecule has 2 heteroatoms. The summed E-state index contributed by atoms with van der Waals surface area (Å²) < 4.78 is 43.7. The van der Waals surface area contributed by atoms with Crippen LogP contribution in [0.2, 0.25) is 0 Å². The van der Waals surface area contributed by atoms with Crippen LogP contribution in [0.4, 0.5) is 0 Å². The highest BCUT2D eigenvalue weighted by molar-refractivity contribution is 5.99. The van der Waals surface area contributed by atoms with Gasteiger partial charge in [-0.15, -0.1) is 0 Å². The van der Waals surface area contributed by atoms with Crippen molar-refractivity contribution in [3.8, 4) is 0 Å². The Bertz CT molecular complexity index is 425. The lowest BCUT2D eigenvalue weighted by molar-refractivity contribution is 0.0890. The minimum Gasteiger partial charge on any atom is -0.300 e. The molecule has 0 saturated heterocycles. The standard InChI is InChI=1S/C11H15NO/c1-9(12(2)3)11(13)10-7-5-4-6-8-10/h4-9H,1-3H3/t9-/m0/s1/i2D3,3D3. The number of ketones is 1. The Morgan fingerprint density at radius 3 is 2.54 bits per heavy atom. The van der Waals surface area contributed by atoms with E-state index in [0.717, 1.165) is 0 Å². The van der Waals surface area contributed by atoms with Gasteiger partial charge in [0.25, 0.3) is 0 Å². The van der Waals surface area contributed by atoms with Gasteiger partial charge in [0.05, 0.1) is 6.04 Å². The summed E-state index contributed by atoms with van der Waals surface area (Å²) >= 11 is 0. The zero-order valence-electron chi connectivity index (χ0n) is 13.3. The zero-order chi connectivity index (χ0) is 14.8. The molecule has 1 aromatic rings. The van der Waals surface area contributed by atoms with E-state index in [1.54, 1.807) is 18.2 Å². The summed E-state index contributed by atoms with van der Waals surface area (Å²) in [6, 6.07) is 6.77. The predicted molar refractivity (Wildman–Crippen MR) is 53.9 cm³/mol. The van der Waals surface area contributed by atoms with Crippen LogP contribution in [0.25, 0.3) is 0 Å². The Hall–Kier alpha value is -1.15. The van der Waals surface area contributed by atoms with Crippen molar-refractivity contribution in [2.75, 3.05) is 14.0 Å². The molecule has 0 aliphatic carbocycles. The highest BCUT2D eigenvalue weighted by atomic mass is 16.1. The summed E-state index contributed by atoms with van der Waals surface area (Å²) in [5.74, 6) is -0.534. The largest absolute Gasteiger partial charge is 0.300 e. The molecule has 0 radical (unpaired) electrons. The first-order valence-electron chi connectivity index (χ1n) is 6.94. The molecule has 2 nitrogen and oxygen atoms in total. The molecule has 0 aromatic heterocycles. The first kappa shape index (κ1) is 4.38. The van der Waals surface area contributed by atoms with Gasteiger partial charge in [-0.1, -0.05) is 30.3 Å². The lowest BCUT2D eigenvalue weighted by atomic mass is 10.1. The normalized spacial score (nSPS) is 21.7. The second-order valence-electron chi connectivity index (χ2n) is 2.78. The number of benzene rings is 1. The topological polar surface area (TPSA) is 20.3 Å². The van der Waals surface area contributed by atoms with Crippen molar-refractivity contribution in [2.45, 2.75) is 13.0 Å². The fourth-order valence-electron chi connectivity index (χ4n) is 0.961. The van der Waals surface area contributed by atoms with Gasteiger partial charge >= 0.3 is 0 Å². The fourth-order valence-corrected chi connectivity index (χ4v) is 0.961. The minimum atomic E-state index is -2.87. The maximum atomic E-state index is 12.1. The molecule has 0 unspecified atom stereocenters. The van der Waals surface area contributed by atoms with Crippen molar-refractivity contribution in [3.63, 3.8) is 0 Å². The monoisotopic (exact) mass is 183 g/mol. The third-order valence-electron chi connectivity index (χ3n) is 1.83. The van der Waals surface area contributed by atoms with Gasteiger partial charge in [-0.3, -0.25) is 9.69 Å². The zero-order valence-corrected chi connectivity index (χ0v) is 7.32. The van der Waals surface area contributed by atoms with Crippen molar-refractivity contribution in [3.05, 3.63) is 35.9 Å². The Morgan fingerprint density at radius 2 is 2.00 bits per heavy atom. The predicted octanol–water partition coefficient (Wildman–Crippen LogP) is 1.82. The molecule has 1 aromatic carbocycles. The molecule has 0 aliphatic rings. The second-order valence-corrected chi connectivity index (χ2v) is 2.78. The van der Waals surface area contributed by atoms with E-state index in [9.17, 15) is 4.79 Å². The quantitative estimate of drug-likeness (QED) is 0.666. The van der Waals surface area contributed by atoms with Gasteiger partial charge < -0.3 is 0 Å². The summed E-state index contributed by atoms with van der Waals surface area (Å²) in [6.45, 7) is -4.45. The highest BCUT2D eigenvalue weighted by Gasteiger charge is 2.15. The summed E-state index contributed by atoms with van der Waals surface area (Å²) in [6.07, 6.45) is 0. The van der Waals surface area contributed by atoms with E-state index in [0.29, 0.717) is 0 Å². The number of nitrogens with zero attached hydrogens (tertiary/aromatic N) is 1. The minimum absolute atomic E-state index is 0.286. The molecule has 0 saturated carbocycles. The van der Waals surface area contributed by atoms with Crippen LogP contribution in [-0.4, -0.2) is 30.7 Å². The second kappa shape index (κ2) is 4.19. The maximum absolute atomic E-state index is 12.1. The lowest BCUT2D eigenvalue weighted by Gasteiger charge is -2.17. The van der Waals surface area contributed by atoms with E-state index in [-0.39, 0.29) is 10.5 Å². The molecule has 1 rings (SSSR count). The van der Waals surface area contributed by atoms with Crippen LogP contribution >= 0.6 is 0 Å². The first-order valence-corrected chi connectivity index (χ1v) is 3.94. The van der Waals surface area contributed by atoms with Gasteiger partial charge in [-0.25, -0.2) is 0 Å². The molecule has 0 amide bonds. The van der Waals surface area contributed by atoms with Crippen LogP contribution in [0, 0.1) is 0 Å². The van der Waals surface area contributed by atoms with Gasteiger partial charge in [0.1, 0.15) is 0 Å². The number of likely N-dealkylation sites (N-methyl/N-ethyl adjacent to an activating group) is 1. The molecule has 0 aliphatic heterocycles. The molecule has 0 spiro atoms. The van der Waals surface area contributed by atoms with E-state index in [4.69, 9.17) is 8.22 Å². The number of carbonyl (C=O) groups excluding carboxylic acids is 1. The van der Waals surface area contributed by atoms with Gasteiger partial charge in [-0.05, 0) is 20.9 Å². The molecule has 0 fully saturated rings. The lowest BCUT2D eigenvalue weighted by Crippen LogP contribution is -2.32. The van der Waals surface area contributed by atoms with Crippen molar-refractivity contribution < 1.29 is 13.0 Å². The number of carbonyl (C=O) groups is 1. The smallest absolute Gasteiger partial charge is 0.179 e. The molecule has 0 bridgehead atoms. The van der Waals surface area contributed by atoms with E-state index >= 15 is 0 Å². The van der Waals surface area contributed by atoms with Crippen LogP contribution in [0.1, 0.15) is 25.5 Å². The number of hydrogen-bond donors (Lipinski definition) is 0. The Kier molecular flexibility index (Phi) is 1.41. The summed E-state index contributed by atoms with van der Waals surface area (Å²) in [7, 11) is 0. The average Bonchev–Trinajstić information content (AvgIpc) is 2.25. The van der Waals surface area contributed by atoms with Crippen molar-refractivity contribution >= 4 is 5.78 Å². The van der Waals surface area contributed by atoms with Crippen LogP contribution in [0.15, 0.2) is 30.3 Å². The van der Waals surface area contributed by atoms with E-state index in [1.165, 1.54) is 19.1 Å². The fraction of sp³-hybridized carbons (Fsp3) is 0.364. The Labute approximate surface area is 87.6 Å². The molecular weight excluding hydrogens is 162 g/mol. The van der Waals surface area contributed by atoms with Gasteiger partial charge in [0.15, 0.2) is 5.78 Å². The van der Waals surface area contributed by atoms with E-state index in [2.05, 4.69) is 0 Å². The van der Waals surface area contributed by atoms with Gasteiger partial charge in [0.2, 0.25) is 0 Å². The molecule has 0 N–H and O–H groups in total. The molecule has 13 heavy (non-hydrogen) atoms. The third-order valence-corrected chi connectivity index (χ3v) is 1.83. The van der Waals surface area contributed by atoms with Crippen LogP contribution < -0.4 is 0 Å². The molecule has 0 heterocycles. The summed E-state index contributed by atoms with van der Waals surface area (Å²) in [4.78, 5) is 12.4.